The molecular formula is C88H76N4O19. The molecule has 111 heavy (non-hydrogen) atoms. The second-order valence-electron chi connectivity index (χ2n) is 23.8. The van der Waals surface area contributed by atoms with E-state index in [9.17, 15) is 30.0 Å². The standard InChI is InChI=1S/C19H14N2O.C16H16O4.C13H12O3.C13H10O3.C12H8N2O.C9H10O4.C6H6O3/c1-2-7-14(8-3-1)13-22-18-12-6-11-17-19(18)21-16-10-5-4-9-15(16)20-17;1-2-17-16-19-14-10-6-9-13(15(14)20-16)18-11-12-7-4-3-5-8-12;2*14-11-7-4-8-12(13(11)15)16-9-10-5-2-1-3-6-10;15-11-7-3-6-10-12(11)14-9-5-2-1-4-8(9)13-10;1-2-11-9-12-7-5-3-4-6(10)8(7)13-9;7-4-2-1-3-5(8)6(4)9/h1-12H,13H2;3-10,16H,2,11H2,1H3;1-8,14-15H,9H2;1-8H,9H2;1-7,15H;3-5,9-10H,2H2,1H3;1-3,7-9H. The number of fused-ring (bicyclic) bond motifs is 6. The van der Waals surface area contributed by atoms with Crippen LogP contribution in [0.1, 0.15) is 36.1 Å². The molecule has 562 valence electrons. The number of allylic oxidation sites excluding steroid dienone is 4. The first-order valence-corrected chi connectivity index (χ1v) is 34.9. The lowest BCUT2D eigenvalue weighted by Gasteiger charge is -2.10. The number of benzene rings is 12. The molecule has 7 N–H and O–H groups in total. The van der Waals surface area contributed by atoms with Gasteiger partial charge in [-0.25, -0.2) is 19.9 Å². The highest BCUT2D eigenvalue weighted by molar-refractivity contribution is 6.47. The van der Waals surface area contributed by atoms with Gasteiger partial charge in [0, 0.05) is 0 Å². The van der Waals surface area contributed by atoms with E-state index in [0.717, 1.165) is 61.1 Å². The number of ketones is 2. The third-order valence-electron chi connectivity index (χ3n) is 15.9. The van der Waals surface area contributed by atoms with Crippen LogP contribution in [0.4, 0.5) is 0 Å². The van der Waals surface area contributed by atoms with Gasteiger partial charge in [-0.1, -0.05) is 188 Å². The Morgan fingerprint density at radius 1 is 0.324 bits per heavy atom. The van der Waals surface area contributed by atoms with Crippen molar-refractivity contribution in [2.75, 3.05) is 13.2 Å². The number of Topliss-reactive ketones (excluding diaryl/α,β-unsaturated/α-hetero) is 1. The number of aromatic nitrogens is 4. The zero-order chi connectivity index (χ0) is 77.7. The van der Waals surface area contributed by atoms with Crippen LogP contribution in [0.15, 0.2) is 303 Å². The second kappa shape index (κ2) is 39.3. The maximum absolute atomic E-state index is 11.4. The van der Waals surface area contributed by atoms with Crippen LogP contribution in [0.25, 0.3) is 44.1 Å². The molecule has 2 aliphatic heterocycles. The zero-order valence-electron chi connectivity index (χ0n) is 60.0. The Balaban J connectivity index is 0.000000130. The molecule has 14 aromatic rings. The third kappa shape index (κ3) is 21.9. The van der Waals surface area contributed by atoms with Crippen molar-refractivity contribution in [3.63, 3.8) is 0 Å². The smallest absolute Gasteiger partial charge is 0.361 e. The fraction of sp³-hybridized carbons (Fsp3) is 0.114. The van der Waals surface area contributed by atoms with Crippen LogP contribution in [-0.2, 0) is 50.2 Å². The van der Waals surface area contributed by atoms with E-state index in [1.807, 2.05) is 226 Å². The Morgan fingerprint density at radius 3 is 1.20 bits per heavy atom. The summed E-state index contributed by atoms with van der Waals surface area (Å²) >= 11 is 0. The van der Waals surface area contributed by atoms with Gasteiger partial charge >= 0.3 is 13.0 Å². The number of hydrogen-bond acceptors (Lipinski definition) is 23. The fourth-order valence-electron chi connectivity index (χ4n) is 10.4. The van der Waals surface area contributed by atoms with Crippen LogP contribution in [0.2, 0.25) is 0 Å². The van der Waals surface area contributed by atoms with Crippen LogP contribution < -0.4 is 33.2 Å². The summed E-state index contributed by atoms with van der Waals surface area (Å²) in [4.78, 5) is 40.5. The molecule has 3 aliphatic rings. The van der Waals surface area contributed by atoms with Crippen LogP contribution in [-0.4, -0.2) is 93.4 Å². The summed E-state index contributed by atoms with van der Waals surface area (Å²) in [5, 5.41) is 63.8. The van der Waals surface area contributed by atoms with Crippen molar-refractivity contribution >= 4 is 55.7 Å². The number of aromatic hydroxyl groups is 7. The molecule has 12 aromatic carbocycles. The van der Waals surface area contributed by atoms with Crippen molar-refractivity contribution in [1.82, 2.24) is 19.9 Å². The van der Waals surface area contributed by atoms with Crippen molar-refractivity contribution in [2.45, 2.75) is 53.2 Å². The SMILES string of the molecule is CCOC1Oc2cccc(O)c2O1.CCOC1Oc2cccc(OCc3ccccc3)c2O1.O=C1C=CC=C(OCc2ccccc2)C1=O.Oc1cccc(O)c1O.Oc1cccc(OCc2ccccc2)c1O.Oc1cccc2nc3ccccc3nc12.c1ccc(COc2cccc3nc4ccccc4nc23)cc1. The minimum Gasteiger partial charge on any atom is -0.506 e. The molecule has 17 rings (SSSR count). The van der Waals surface area contributed by atoms with E-state index in [2.05, 4.69) is 15.0 Å². The van der Waals surface area contributed by atoms with Gasteiger partial charge in [-0.3, -0.25) is 9.59 Å². The number of rotatable bonds is 16. The van der Waals surface area contributed by atoms with E-state index >= 15 is 0 Å². The highest BCUT2D eigenvalue weighted by atomic mass is 16.9. The summed E-state index contributed by atoms with van der Waals surface area (Å²) in [5.41, 5.74) is 10.5. The van der Waals surface area contributed by atoms with Gasteiger partial charge in [-0.2, -0.15) is 0 Å². The first-order valence-electron chi connectivity index (χ1n) is 34.9. The summed E-state index contributed by atoms with van der Waals surface area (Å²) in [6.07, 6.45) is 4.26. The molecule has 1 aliphatic carbocycles. The molecule has 2 atom stereocenters. The largest absolute Gasteiger partial charge is 0.506 e. The van der Waals surface area contributed by atoms with Crippen LogP contribution in [0.3, 0.4) is 0 Å². The molecule has 23 heteroatoms. The first-order chi connectivity index (χ1) is 54.2. The minimum absolute atomic E-state index is 0.0692. The van der Waals surface area contributed by atoms with Gasteiger partial charge < -0.3 is 83.1 Å². The lowest BCUT2D eigenvalue weighted by molar-refractivity contribution is -0.174. The van der Waals surface area contributed by atoms with E-state index < -0.39 is 30.3 Å². The molecule has 0 radical (unpaired) electrons. The van der Waals surface area contributed by atoms with Gasteiger partial charge in [0.25, 0.3) is 5.78 Å². The molecule has 0 spiro atoms. The van der Waals surface area contributed by atoms with Crippen molar-refractivity contribution in [3.05, 3.63) is 325 Å². The molecule has 4 heterocycles. The van der Waals surface area contributed by atoms with Crippen LogP contribution in [0, 0.1) is 0 Å². The van der Waals surface area contributed by atoms with Crippen LogP contribution >= 0.6 is 0 Å². The van der Waals surface area contributed by atoms with Crippen molar-refractivity contribution in [2.24, 2.45) is 0 Å². The highest BCUT2D eigenvalue weighted by Gasteiger charge is 2.29. The molecule has 0 fully saturated rings. The number of phenolic OH excluding ortho intramolecular Hbond substituents is 7. The molecule has 0 amide bonds. The van der Waals surface area contributed by atoms with E-state index in [0.29, 0.717) is 79.4 Å². The van der Waals surface area contributed by atoms with Gasteiger partial charge in [0.1, 0.15) is 49.0 Å². The first kappa shape index (κ1) is 77.7. The molecule has 0 bridgehead atoms. The van der Waals surface area contributed by atoms with Gasteiger partial charge in [0.05, 0.1) is 46.3 Å². The van der Waals surface area contributed by atoms with E-state index in [-0.39, 0.29) is 46.0 Å². The van der Waals surface area contributed by atoms with Gasteiger partial charge in [0.2, 0.25) is 23.0 Å². The summed E-state index contributed by atoms with van der Waals surface area (Å²) in [7, 11) is 0. The zero-order valence-corrected chi connectivity index (χ0v) is 60.0. The Hall–Kier alpha value is -14.4. The number of phenols is 7. The molecule has 0 saturated heterocycles. The summed E-state index contributed by atoms with van der Waals surface area (Å²) < 4.78 is 54.3. The monoisotopic (exact) mass is 1490 g/mol. The maximum Gasteiger partial charge on any atom is 0.361 e. The van der Waals surface area contributed by atoms with Crippen molar-refractivity contribution < 1.29 is 92.7 Å². The number of hydrogen-bond donors (Lipinski definition) is 7. The highest BCUT2D eigenvalue weighted by Crippen LogP contribution is 2.44. The topological polar surface area (TPSA) is 320 Å². The van der Waals surface area contributed by atoms with Gasteiger partial charge in [-0.15, -0.1) is 0 Å². The lowest BCUT2D eigenvalue weighted by Crippen LogP contribution is -2.21. The Labute approximate surface area is 637 Å². The molecular weight excluding hydrogens is 1420 g/mol. The molecule has 23 nitrogen and oxygen atoms in total. The Morgan fingerprint density at radius 2 is 0.685 bits per heavy atom. The summed E-state index contributed by atoms with van der Waals surface area (Å²) in [6.45, 7) is 5.01. The average Bonchev–Trinajstić information content (AvgIpc) is 1.62. The Bertz CT molecular complexity index is 5450. The molecule has 2 aromatic heterocycles. The van der Waals surface area contributed by atoms with Crippen LogP contribution in [0.5, 0.6) is 80.5 Å². The number of carbonyl (C=O) groups excluding carboxylic acids is 2. The predicted octanol–water partition coefficient (Wildman–Crippen LogP) is 17.0. The van der Waals surface area contributed by atoms with E-state index in [1.54, 1.807) is 36.4 Å². The second-order valence-corrected chi connectivity index (χ2v) is 23.8. The van der Waals surface area contributed by atoms with Crippen molar-refractivity contribution in [1.29, 1.82) is 0 Å². The number of nitrogens with zero attached hydrogens (tertiary/aromatic N) is 4. The maximum atomic E-state index is 11.4. The fourth-order valence-corrected chi connectivity index (χ4v) is 10.4. The predicted molar refractivity (Wildman–Crippen MR) is 416 cm³/mol. The molecule has 2 unspecified atom stereocenters. The molecule has 0 saturated carbocycles. The average molecular weight is 1490 g/mol. The van der Waals surface area contributed by atoms with E-state index in [1.165, 1.54) is 48.6 Å². The summed E-state index contributed by atoms with van der Waals surface area (Å²) in [6, 6.07) is 84.9. The normalized spacial score (nSPS) is 13.1. The summed E-state index contributed by atoms with van der Waals surface area (Å²) in [5.74, 6) is 1.55. The van der Waals surface area contributed by atoms with Gasteiger partial charge in [0.15, 0.2) is 57.5 Å². The van der Waals surface area contributed by atoms with E-state index in [4.69, 9.17) is 67.7 Å². The van der Waals surface area contributed by atoms with Crippen molar-refractivity contribution in [3.8, 4) is 80.5 Å². The lowest BCUT2D eigenvalue weighted by atomic mass is 10.1. The third-order valence-corrected chi connectivity index (χ3v) is 15.9. The quantitative estimate of drug-likeness (QED) is 0.0204. The van der Waals surface area contributed by atoms with Gasteiger partial charge in [-0.05, 0) is 145 Å². The number of ether oxygens (including phenoxy) is 10. The minimum atomic E-state index is -0.728. The number of para-hydroxylation sites is 10. The number of carbonyl (C=O) groups is 2. The Kier molecular flexibility index (Phi) is 27.5.